The Morgan fingerprint density at radius 1 is 1.15 bits per heavy atom. The van der Waals surface area contributed by atoms with Crippen LogP contribution in [0.3, 0.4) is 0 Å². The van der Waals surface area contributed by atoms with Crippen molar-refractivity contribution in [2.75, 3.05) is 20.1 Å². The van der Waals surface area contributed by atoms with E-state index in [1.54, 1.807) is 37.4 Å². The number of halogens is 1. The molecule has 0 unspecified atom stereocenters. The first-order valence-corrected chi connectivity index (χ1v) is 6.42. The summed E-state index contributed by atoms with van der Waals surface area (Å²) in [5.74, 6) is 0.640. The van der Waals surface area contributed by atoms with Gasteiger partial charge in [0.25, 0.3) is 0 Å². The summed E-state index contributed by atoms with van der Waals surface area (Å²) in [4.78, 5) is 24.6. The Kier molecular flexibility index (Phi) is 4.81. The highest BCUT2D eigenvalue weighted by Gasteiger charge is 2.29. The monoisotopic (exact) mass is 293 g/mol. The molecule has 0 N–H and O–H groups in total. The molecule has 1 aromatic carbocycles. The number of hydrogen-bond donors (Lipinski definition) is 0. The number of hydrogen-bond acceptors (Lipinski definition) is 5. The van der Waals surface area contributed by atoms with Gasteiger partial charge in [-0.25, -0.2) is 0 Å². The maximum atomic E-state index is 11.5. The molecule has 0 spiro atoms. The summed E-state index contributed by atoms with van der Waals surface area (Å²) in [6.45, 7) is 0.112. The maximum absolute atomic E-state index is 11.5. The Hall–Kier alpha value is -1.79. The van der Waals surface area contributed by atoms with E-state index in [1.807, 2.05) is 0 Å². The van der Waals surface area contributed by atoms with Gasteiger partial charge in [0.15, 0.2) is 0 Å². The van der Waals surface area contributed by atoms with E-state index >= 15 is 0 Å². The fraction of sp³-hybridized carbons (Fsp3) is 0.231. The predicted octanol–water partition coefficient (Wildman–Crippen LogP) is 1.41. The number of nitrogens with zero attached hydrogens (tertiary/aromatic N) is 1. The zero-order chi connectivity index (χ0) is 14.5. The number of rotatable bonds is 2. The van der Waals surface area contributed by atoms with E-state index in [-0.39, 0.29) is 13.1 Å². The van der Waals surface area contributed by atoms with Crippen molar-refractivity contribution in [2.45, 2.75) is 0 Å². The van der Waals surface area contributed by atoms with Crippen LogP contribution < -0.4 is 0 Å². The molecule has 7 heteroatoms. The lowest BCUT2D eigenvalue weighted by Gasteiger charge is -2.21. The number of carbonyl (C=O) groups excluding carboxylic acids is 2. The van der Waals surface area contributed by atoms with Gasteiger partial charge in [-0.05, 0) is 30.7 Å². The van der Waals surface area contributed by atoms with Crippen molar-refractivity contribution in [3.05, 3.63) is 40.8 Å². The standard InChI is InChI=1S/C13H13BClNO4/c1-16-8-12(17)19-14(20-13(18)9-16)7-6-10-2-4-11(15)5-3-10/h2-7H,8-9H2,1H3/b7-6+. The molecule has 0 atom stereocenters. The third kappa shape index (κ3) is 4.40. The van der Waals surface area contributed by atoms with E-state index in [9.17, 15) is 9.59 Å². The van der Waals surface area contributed by atoms with Crippen LogP contribution in [0.25, 0.3) is 6.08 Å². The lowest BCUT2D eigenvalue weighted by molar-refractivity contribution is -0.145. The molecule has 0 saturated carbocycles. The first-order valence-electron chi connectivity index (χ1n) is 6.04. The Labute approximate surface area is 122 Å². The largest absolute Gasteiger partial charge is 0.628 e. The summed E-state index contributed by atoms with van der Waals surface area (Å²) < 4.78 is 10.1. The molecular weight excluding hydrogens is 280 g/mol. The summed E-state index contributed by atoms with van der Waals surface area (Å²) in [7, 11) is 0.645. The lowest BCUT2D eigenvalue weighted by Crippen LogP contribution is -2.41. The van der Waals surface area contributed by atoms with Crippen LogP contribution in [0.5, 0.6) is 0 Å². The zero-order valence-corrected chi connectivity index (χ0v) is 11.7. The van der Waals surface area contributed by atoms with Crippen molar-refractivity contribution in [1.29, 1.82) is 0 Å². The molecule has 0 bridgehead atoms. The van der Waals surface area contributed by atoms with Gasteiger partial charge in [-0.1, -0.05) is 29.8 Å². The molecule has 2 rings (SSSR count). The zero-order valence-electron chi connectivity index (χ0n) is 10.9. The highest BCUT2D eigenvalue weighted by atomic mass is 35.5. The molecule has 20 heavy (non-hydrogen) atoms. The average molecular weight is 294 g/mol. The third-order valence-corrected chi connectivity index (χ3v) is 2.86. The van der Waals surface area contributed by atoms with Crippen LogP contribution in [0.4, 0.5) is 0 Å². The minimum Gasteiger partial charge on any atom is -0.495 e. The van der Waals surface area contributed by atoms with Gasteiger partial charge in [-0.15, -0.1) is 0 Å². The second kappa shape index (κ2) is 6.59. The molecule has 1 fully saturated rings. The van der Waals surface area contributed by atoms with E-state index in [0.29, 0.717) is 5.02 Å². The topological polar surface area (TPSA) is 55.8 Å². The first kappa shape index (κ1) is 14.6. The van der Waals surface area contributed by atoms with Gasteiger partial charge in [0.2, 0.25) is 0 Å². The number of carbonyl (C=O) groups is 2. The summed E-state index contributed by atoms with van der Waals surface area (Å²) in [5, 5.41) is 0.633. The molecule has 1 aliphatic rings. The molecule has 1 heterocycles. The molecule has 1 saturated heterocycles. The Balaban J connectivity index is 2.04. The molecule has 1 aliphatic heterocycles. The number of benzene rings is 1. The molecular formula is C13H13BClNO4. The summed E-state index contributed by atoms with van der Waals surface area (Å²) >= 11 is 5.78. The molecule has 0 radical (unpaired) electrons. The summed E-state index contributed by atoms with van der Waals surface area (Å²) in [6, 6.07) is 7.09. The van der Waals surface area contributed by atoms with Gasteiger partial charge in [0, 0.05) is 5.02 Å². The average Bonchev–Trinajstić information content (AvgIpc) is 2.35. The van der Waals surface area contributed by atoms with Crippen molar-refractivity contribution in [3.63, 3.8) is 0 Å². The first-order chi connectivity index (χ1) is 9.52. The van der Waals surface area contributed by atoms with Gasteiger partial charge in [-0.2, -0.15) is 0 Å². The second-order valence-corrected chi connectivity index (χ2v) is 4.87. The van der Waals surface area contributed by atoms with Crippen LogP contribution in [0, 0.1) is 0 Å². The van der Waals surface area contributed by atoms with E-state index in [0.717, 1.165) is 5.56 Å². The van der Waals surface area contributed by atoms with Gasteiger partial charge in [0.05, 0.1) is 13.1 Å². The van der Waals surface area contributed by atoms with Crippen molar-refractivity contribution < 1.29 is 18.9 Å². The fourth-order valence-corrected chi connectivity index (χ4v) is 1.82. The van der Waals surface area contributed by atoms with Crippen LogP contribution in [0.2, 0.25) is 5.02 Å². The molecule has 104 valence electrons. The van der Waals surface area contributed by atoms with Crippen LogP contribution >= 0.6 is 11.6 Å². The second-order valence-electron chi connectivity index (χ2n) is 4.43. The van der Waals surface area contributed by atoms with Gasteiger partial charge >= 0.3 is 19.1 Å². The van der Waals surface area contributed by atoms with E-state index in [2.05, 4.69) is 0 Å². The summed E-state index contributed by atoms with van der Waals surface area (Å²) in [5.41, 5.74) is 0.862. The third-order valence-electron chi connectivity index (χ3n) is 2.61. The van der Waals surface area contributed by atoms with Crippen LogP contribution in [-0.2, 0) is 18.9 Å². The van der Waals surface area contributed by atoms with E-state index in [1.165, 1.54) is 10.9 Å². The van der Waals surface area contributed by atoms with Crippen molar-refractivity contribution >= 4 is 36.7 Å². The van der Waals surface area contributed by atoms with Crippen molar-refractivity contribution in [2.24, 2.45) is 0 Å². The molecule has 0 aromatic heterocycles. The minimum absolute atomic E-state index is 0.0559. The highest BCUT2D eigenvalue weighted by Crippen LogP contribution is 2.11. The Morgan fingerprint density at radius 2 is 1.70 bits per heavy atom. The van der Waals surface area contributed by atoms with Crippen LogP contribution in [0.1, 0.15) is 5.56 Å². The quantitative estimate of drug-likeness (QED) is 0.772. The molecule has 1 aromatic rings. The normalized spacial score (nSPS) is 17.6. The number of likely N-dealkylation sites (N-methyl/N-ethyl adjacent to an activating group) is 1. The van der Waals surface area contributed by atoms with E-state index < -0.39 is 19.1 Å². The Morgan fingerprint density at radius 3 is 2.25 bits per heavy atom. The molecule has 0 aliphatic carbocycles. The van der Waals surface area contributed by atoms with E-state index in [4.69, 9.17) is 20.9 Å². The Bertz CT molecular complexity index is 512. The molecule has 0 amide bonds. The molecule has 5 nitrogen and oxygen atoms in total. The minimum atomic E-state index is -1.00. The SMILES string of the molecule is CN1CC(=O)OB(/C=C/c2ccc(Cl)cc2)OC(=O)C1. The van der Waals surface area contributed by atoms with Crippen molar-refractivity contribution in [3.8, 4) is 0 Å². The van der Waals surface area contributed by atoms with Gasteiger partial charge < -0.3 is 9.31 Å². The van der Waals surface area contributed by atoms with Crippen LogP contribution in [-0.4, -0.2) is 44.1 Å². The van der Waals surface area contributed by atoms with Crippen LogP contribution in [0.15, 0.2) is 30.2 Å². The smallest absolute Gasteiger partial charge is 0.495 e. The van der Waals surface area contributed by atoms with Gasteiger partial charge in [-0.3, -0.25) is 14.5 Å². The fourth-order valence-electron chi connectivity index (χ4n) is 1.70. The highest BCUT2D eigenvalue weighted by molar-refractivity contribution is 6.55. The van der Waals surface area contributed by atoms with Crippen molar-refractivity contribution in [1.82, 2.24) is 4.90 Å². The predicted molar refractivity (Wildman–Crippen MR) is 75.9 cm³/mol. The lowest BCUT2D eigenvalue weighted by atomic mass is 9.88. The summed E-state index contributed by atoms with van der Waals surface area (Å²) in [6.07, 6.45) is 1.70. The maximum Gasteiger partial charge on any atom is 0.628 e. The van der Waals surface area contributed by atoms with Gasteiger partial charge in [0.1, 0.15) is 0 Å².